The molecule has 4 aromatic rings. The molecule has 0 fully saturated rings. The Morgan fingerprint density at radius 2 is 0.800 bits per heavy atom. The Kier molecular flexibility index (Phi) is 10.9. The number of halogens is 3. The van der Waals surface area contributed by atoms with Crippen molar-refractivity contribution in [2.45, 2.75) is 26.2 Å². The Labute approximate surface area is 250 Å². The molecule has 206 valence electrons. The Bertz CT molecular complexity index is 1220. The number of nitrogens with zero attached hydrogens (tertiary/aromatic N) is 3. The van der Waals surface area contributed by atoms with Gasteiger partial charge in [-0.3, -0.25) is 5.21 Å². The van der Waals surface area contributed by atoms with Gasteiger partial charge in [0.15, 0.2) is 0 Å². The van der Waals surface area contributed by atoms with Gasteiger partial charge in [0.1, 0.15) is 16.0 Å². The van der Waals surface area contributed by atoms with E-state index in [1.807, 2.05) is 131 Å². The van der Waals surface area contributed by atoms with Crippen molar-refractivity contribution in [2.24, 2.45) is 0 Å². The molecule has 0 amide bonds. The number of hydrogen-bond donors (Lipinski definition) is 1. The van der Waals surface area contributed by atoms with E-state index >= 15 is 0 Å². The summed E-state index contributed by atoms with van der Waals surface area (Å²) in [5, 5.41) is 22.9. The zero-order valence-corrected chi connectivity index (χ0v) is 24.0. The third-order valence-corrected chi connectivity index (χ3v) is 7.18. The van der Waals surface area contributed by atoms with Crippen molar-refractivity contribution in [3.63, 3.8) is 0 Å². The van der Waals surface area contributed by atoms with E-state index in [9.17, 15) is 10.4 Å². The third kappa shape index (κ3) is 8.28. The lowest BCUT2D eigenvalue weighted by atomic mass is 10.1. The first-order valence-corrected chi connectivity index (χ1v) is 13.8. The molecule has 0 bridgehead atoms. The van der Waals surface area contributed by atoms with Crippen LogP contribution >= 0.6 is 34.8 Å². The van der Waals surface area contributed by atoms with Gasteiger partial charge in [-0.05, 0) is 22.3 Å². The quantitative estimate of drug-likeness (QED) is 0.132. The van der Waals surface area contributed by atoms with Gasteiger partial charge in [-0.15, -0.1) is 0 Å². The molecular formula is C32H29Cl3N3O2-. The Morgan fingerprint density at radius 3 is 1.02 bits per heavy atom. The number of hydrogen-bond acceptors (Lipinski definition) is 5. The minimum Gasteiger partial charge on any atom is -0.733 e. The zero-order valence-electron chi connectivity index (χ0n) is 21.7. The van der Waals surface area contributed by atoms with Crippen LogP contribution in [0, 0.1) is 5.21 Å². The fraction of sp³-hybridized carbons (Fsp3) is 0.125. The fourth-order valence-corrected chi connectivity index (χ4v) is 4.82. The van der Waals surface area contributed by atoms with Crippen LogP contribution < -0.4 is 0 Å². The molecule has 0 saturated heterocycles. The predicted octanol–water partition coefficient (Wildman–Crippen LogP) is 8.63. The van der Waals surface area contributed by atoms with Crippen LogP contribution in [0.3, 0.4) is 0 Å². The highest BCUT2D eigenvalue weighted by molar-refractivity contribution is 6.59. The van der Waals surface area contributed by atoms with Crippen molar-refractivity contribution in [2.75, 3.05) is 0 Å². The predicted molar refractivity (Wildman–Crippen MR) is 163 cm³/mol. The number of benzene rings is 4. The van der Waals surface area contributed by atoms with Crippen LogP contribution in [-0.4, -0.2) is 20.2 Å². The lowest BCUT2D eigenvalue weighted by Gasteiger charge is -2.41. The monoisotopic (exact) mass is 592 g/mol. The molecule has 4 aromatic carbocycles. The summed E-state index contributed by atoms with van der Waals surface area (Å²) in [6.07, 6.45) is 0. The fourth-order valence-electron chi connectivity index (χ4n) is 4.48. The second-order valence-electron chi connectivity index (χ2n) is 9.17. The molecule has 0 aliphatic heterocycles. The van der Waals surface area contributed by atoms with Crippen molar-refractivity contribution >= 4 is 34.8 Å². The van der Waals surface area contributed by atoms with E-state index in [2.05, 4.69) is 0 Å². The first-order chi connectivity index (χ1) is 19.4. The Morgan fingerprint density at radius 1 is 0.525 bits per heavy atom. The largest absolute Gasteiger partial charge is 0.733 e. The van der Waals surface area contributed by atoms with Crippen molar-refractivity contribution < 1.29 is 5.21 Å². The van der Waals surface area contributed by atoms with Gasteiger partial charge < -0.3 is 20.2 Å². The highest BCUT2D eigenvalue weighted by Crippen LogP contribution is 2.34. The van der Waals surface area contributed by atoms with Gasteiger partial charge in [-0.1, -0.05) is 156 Å². The second kappa shape index (κ2) is 14.8. The summed E-state index contributed by atoms with van der Waals surface area (Å²) in [7, 11) is 0. The first-order valence-electron chi connectivity index (χ1n) is 12.7. The van der Waals surface area contributed by atoms with Crippen LogP contribution in [0.25, 0.3) is 0 Å². The van der Waals surface area contributed by atoms with E-state index in [0.717, 1.165) is 22.3 Å². The van der Waals surface area contributed by atoms with Crippen molar-refractivity contribution in [3.8, 4) is 0 Å². The lowest BCUT2D eigenvalue weighted by molar-refractivity contribution is -0.00858. The van der Waals surface area contributed by atoms with Crippen LogP contribution in [0.1, 0.15) is 22.3 Å². The molecule has 5 nitrogen and oxygen atoms in total. The van der Waals surface area contributed by atoms with Crippen LogP contribution in [0.4, 0.5) is 0 Å². The van der Waals surface area contributed by atoms with Gasteiger partial charge in [0.25, 0.3) is 0 Å². The van der Waals surface area contributed by atoms with E-state index in [0.29, 0.717) is 32.0 Å². The molecule has 8 heteroatoms. The summed E-state index contributed by atoms with van der Waals surface area (Å²) in [6, 6.07) is 39.5. The summed E-state index contributed by atoms with van der Waals surface area (Å²) >= 11 is 18.8. The standard InChI is InChI=1S/C32H29Cl3N3O2/c33-29(31(34)35)30(38(39)40)32(36(21-25-13-5-1-6-14-25)22-26-15-7-2-8-16-26)37(23-27-17-9-3-10-18-27)24-28-19-11-4-12-20-28/h1-20,39H,21-24H2/q-1. The second-order valence-corrected chi connectivity index (χ2v) is 10.5. The molecular weight excluding hydrogens is 565 g/mol. The van der Waals surface area contributed by atoms with E-state index in [-0.39, 0.29) is 20.4 Å². The molecule has 0 saturated carbocycles. The van der Waals surface area contributed by atoms with Gasteiger partial charge in [0.2, 0.25) is 0 Å². The van der Waals surface area contributed by atoms with Crippen LogP contribution in [0.5, 0.6) is 0 Å². The summed E-state index contributed by atoms with van der Waals surface area (Å²) in [5.74, 6) is 0.377. The third-order valence-electron chi connectivity index (χ3n) is 6.24. The van der Waals surface area contributed by atoms with Crippen LogP contribution in [-0.2, 0) is 26.2 Å². The molecule has 0 aliphatic carbocycles. The van der Waals surface area contributed by atoms with Crippen molar-refractivity contribution in [1.82, 2.24) is 15.0 Å². The number of hydroxylamine groups is 2. The molecule has 1 N–H and O–H groups in total. The van der Waals surface area contributed by atoms with Crippen molar-refractivity contribution in [1.29, 1.82) is 0 Å². The maximum atomic E-state index is 12.9. The molecule has 0 spiro atoms. The van der Waals surface area contributed by atoms with E-state index in [4.69, 9.17) is 34.8 Å². The maximum Gasteiger partial charge on any atom is 0.132 e. The molecule has 0 heterocycles. The summed E-state index contributed by atoms with van der Waals surface area (Å²) in [4.78, 5) is 4.01. The lowest BCUT2D eigenvalue weighted by Crippen LogP contribution is -2.38. The Hall–Kier alpha value is -3.45. The highest BCUT2D eigenvalue weighted by atomic mass is 35.5. The smallest absolute Gasteiger partial charge is 0.132 e. The van der Waals surface area contributed by atoms with Gasteiger partial charge in [0.05, 0.1) is 5.03 Å². The van der Waals surface area contributed by atoms with Gasteiger partial charge >= 0.3 is 0 Å². The average molecular weight is 594 g/mol. The summed E-state index contributed by atoms with van der Waals surface area (Å²) in [6.45, 7) is 1.64. The van der Waals surface area contributed by atoms with E-state index in [1.165, 1.54) is 0 Å². The van der Waals surface area contributed by atoms with E-state index < -0.39 is 0 Å². The topological polar surface area (TPSA) is 53.0 Å². The molecule has 0 atom stereocenters. The molecule has 0 unspecified atom stereocenters. The van der Waals surface area contributed by atoms with Gasteiger partial charge in [-0.25, -0.2) is 0 Å². The minimum atomic E-state index is -0.331. The van der Waals surface area contributed by atoms with Crippen LogP contribution in [0.15, 0.2) is 142 Å². The highest BCUT2D eigenvalue weighted by Gasteiger charge is 2.27. The first kappa shape index (κ1) is 29.5. The number of rotatable bonds is 12. The van der Waals surface area contributed by atoms with E-state index in [1.54, 1.807) is 0 Å². The maximum absolute atomic E-state index is 12.9. The molecule has 0 aromatic heterocycles. The molecule has 0 aliphatic rings. The molecule has 40 heavy (non-hydrogen) atoms. The number of allylic oxidation sites excluding steroid dienone is 1. The molecule has 4 rings (SSSR count). The van der Waals surface area contributed by atoms with Gasteiger partial charge in [0, 0.05) is 26.2 Å². The summed E-state index contributed by atoms with van der Waals surface area (Å²) in [5.41, 5.74) is 3.76. The summed E-state index contributed by atoms with van der Waals surface area (Å²) < 4.78 is -0.331. The Balaban J connectivity index is 1.95. The molecule has 0 radical (unpaired) electrons. The normalized spacial score (nSPS) is 10.5. The van der Waals surface area contributed by atoms with Gasteiger partial charge in [-0.2, -0.15) is 0 Å². The van der Waals surface area contributed by atoms with Crippen LogP contribution in [0.2, 0.25) is 0 Å². The average Bonchev–Trinajstić information content (AvgIpc) is 2.97. The van der Waals surface area contributed by atoms with Crippen molar-refractivity contribution in [3.05, 3.63) is 170 Å². The zero-order chi connectivity index (χ0) is 28.3. The SMILES string of the molecule is [O-]N(O)C(C(Cl)=C(Cl)Cl)=C(N(Cc1ccccc1)Cc1ccccc1)N(Cc1ccccc1)Cc1ccccc1. The minimum absolute atomic E-state index is 0.250.